The number of amides is 1. The van der Waals surface area contributed by atoms with Crippen LogP contribution in [0.2, 0.25) is 0 Å². The molecule has 0 spiro atoms. The van der Waals surface area contributed by atoms with Crippen LogP contribution in [0.1, 0.15) is 30.7 Å². The molecule has 1 heterocycles. The maximum atomic E-state index is 11.9. The molecule has 2 rings (SSSR count). The molecule has 1 saturated heterocycles. The Balaban J connectivity index is 1.85. The van der Waals surface area contributed by atoms with E-state index in [1.807, 2.05) is 17.0 Å². The van der Waals surface area contributed by atoms with Gasteiger partial charge in [0.25, 0.3) is 0 Å². The molecule has 0 radical (unpaired) electrons. The Morgan fingerprint density at radius 2 is 1.85 bits per heavy atom. The number of methoxy groups -OCH3 is 2. The Morgan fingerprint density at radius 3 is 2.40 bits per heavy atom. The van der Waals surface area contributed by atoms with Crippen molar-refractivity contribution in [1.29, 1.82) is 0 Å². The first-order valence-corrected chi connectivity index (χ1v) is 7.15. The van der Waals surface area contributed by atoms with Crippen molar-refractivity contribution in [2.75, 3.05) is 33.9 Å². The summed E-state index contributed by atoms with van der Waals surface area (Å²) in [6.07, 6.45) is 2.56. The van der Waals surface area contributed by atoms with E-state index in [1.54, 1.807) is 14.2 Å². The molecule has 0 N–H and O–H groups in total. The Labute approximate surface area is 120 Å². The predicted molar refractivity (Wildman–Crippen MR) is 78.0 cm³/mol. The third-order valence-electron chi connectivity index (χ3n) is 3.95. The number of hydrogen-bond donors (Lipinski definition) is 0. The third kappa shape index (κ3) is 3.73. The van der Waals surface area contributed by atoms with Crippen molar-refractivity contribution in [2.24, 2.45) is 0 Å². The van der Waals surface area contributed by atoms with Gasteiger partial charge in [-0.05, 0) is 36.5 Å². The molecule has 1 amide bonds. The van der Waals surface area contributed by atoms with Gasteiger partial charge in [0.2, 0.25) is 5.91 Å². The number of benzene rings is 1. The molecule has 0 atom stereocenters. The molecule has 4 heteroatoms. The van der Waals surface area contributed by atoms with Crippen molar-refractivity contribution in [1.82, 2.24) is 4.90 Å². The molecule has 1 aliphatic heterocycles. The van der Waals surface area contributed by atoms with Gasteiger partial charge in [-0.25, -0.2) is 0 Å². The number of hydrogen-bond acceptors (Lipinski definition) is 3. The van der Waals surface area contributed by atoms with Crippen molar-refractivity contribution in [3.63, 3.8) is 0 Å². The standard InChI is InChI=1S/C16H23NO3/c1-19-12-9-16(18)17-10-7-14(8-11-17)13-3-5-15(20-2)6-4-13/h3-6,14H,7-12H2,1-2H3. The van der Waals surface area contributed by atoms with Crippen LogP contribution >= 0.6 is 0 Å². The van der Waals surface area contributed by atoms with Gasteiger partial charge in [-0.3, -0.25) is 4.79 Å². The number of carbonyl (C=O) groups excluding carboxylic acids is 1. The second-order valence-electron chi connectivity index (χ2n) is 5.17. The highest BCUT2D eigenvalue weighted by molar-refractivity contribution is 5.76. The molecule has 1 aromatic rings. The SMILES string of the molecule is COCCC(=O)N1CCC(c2ccc(OC)cc2)CC1. The highest BCUT2D eigenvalue weighted by Crippen LogP contribution is 2.29. The van der Waals surface area contributed by atoms with Gasteiger partial charge in [0.15, 0.2) is 0 Å². The summed E-state index contributed by atoms with van der Waals surface area (Å²) in [5.74, 6) is 1.65. The Kier molecular flexibility index (Phi) is 5.41. The van der Waals surface area contributed by atoms with Crippen LogP contribution in [0.15, 0.2) is 24.3 Å². The maximum absolute atomic E-state index is 11.9. The summed E-state index contributed by atoms with van der Waals surface area (Å²) >= 11 is 0. The predicted octanol–water partition coefficient (Wildman–Crippen LogP) is 2.44. The number of nitrogens with zero attached hydrogens (tertiary/aromatic N) is 1. The fourth-order valence-corrected chi connectivity index (χ4v) is 2.69. The first kappa shape index (κ1) is 14.9. The first-order valence-electron chi connectivity index (χ1n) is 7.15. The highest BCUT2D eigenvalue weighted by Gasteiger charge is 2.23. The molecule has 1 aliphatic rings. The molecule has 110 valence electrons. The fourth-order valence-electron chi connectivity index (χ4n) is 2.69. The van der Waals surface area contributed by atoms with Crippen molar-refractivity contribution in [3.8, 4) is 5.75 Å². The van der Waals surface area contributed by atoms with Gasteiger partial charge < -0.3 is 14.4 Å². The van der Waals surface area contributed by atoms with E-state index in [-0.39, 0.29) is 5.91 Å². The fraction of sp³-hybridized carbons (Fsp3) is 0.562. The molecule has 1 fully saturated rings. The lowest BCUT2D eigenvalue weighted by atomic mass is 9.89. The van der Waals surface area contributed by atoms with Crippen molar-refractivity contribution >= 4 is 5.91 Å². The average Bonchev–Trinajstić information content (AvgIpc) is 2.53. The van der Waals surface area contributed by atoms with Gasteiger partial charge in [0, 0.05) is 20.2 Å². The molecule has 0 unspecified atom stereocenters. The minimum absolute atomic E-state index is 0.208. The topological polar surface area (TPSA) is 38.8 Å². The third-order valence-corrected chi connectivity index (χ3v) is 3.95. The van der Waals surface area contributed by atoms with Gasteiger partial charge >= 0.3 is 0 Å². The van der Waals surface area contributed by atoms with E-state index in [0.29, 0.717) is 18.9 Å². The summed E-state index contributed by atoms with van der Waals surface area (Å²) in [6, 6.07) is 8.27. The lowest BCUT2D eigenvalue weighted by Crippen LogP contribution is -2.38. The minimum atomic E-state index is 0.208. The van der Waals surface area contributed by atoms with Crippen molar-refractivity contribution in [3.05, 3.63) is 29.8 Å². The number of piperidine rings is 1. The lowest BCUT2D eigenvalue weighted by molar-refractivity contribution is -0.133. The van der Waals surface area contributed by atoms with Gasteiger partial charge in [-0.15, -0.1) is 0 Å². The van der Waals surface area contributed by atoms with Crippen LogP contribution < -0.4 is 4.74 Å². The molecule has 0 aliphatic carbocycles. The Hall–Kier alpha value is -1.55. The van der Waals surface area contributed by atoms with Crippen LogP contribution in [0.5, 0.6) is 5.75 Å². The van der Waals surface area contributed by atoms with Crippen LogP contribution in [0, 0.1) is 0 Å². The molecular weight excluding hydrogens is 254 g/mol. The van der Waals surface area contributed by atoms with E-state index in [4.69, 9.17) is 9.47 Å². The van der Waals surface area contributed by atoms with E-state index < -0.39 is 0 Å². The zero-order valence-electron chi connectivity index (χ0n) is 12.3. The summed E-state index contributed by atoms with van der Waals surface area (Å²) in [7, 11) is 3.31. The van der Waals surface area contributed by atoms with E-state index in [9.17, 15) is 4.79 Å². The van der Waals surface area contributed by atoms with E-state index in [2.05, 4.69) is 12.1 Å². The summed E-state index contributed by atoms with van der Waals surface area (Å²) in [6.45, 7) is 2.20. The van der Waals surface area contributed by atoms with Crippen LogP contribution in [0.25, 0.3) is 0 Å². The monoisotopic (exact) mass is 277 g/mol. The zero-order chi connectivity index (χ0) is 14.4. The van der Waals surface area contributed by atoms with Crippen molar-refractivity contribution in [2.45, 2.75) is 25.2 Å². The zero-order valence-corrected chi connectivity index (χ0v) is 12.3. The molecule has 0 saturated carbocycles. The van der Waals surface area contributed by atoms with Crippen LogP contribution in [-0.4, -0.2) is 44.7 Å². The summed E-state index contributed by atoms with van der Waals surface area (Å²) in [4.78, 5) is 13.9. The molecular formula is C16H23NO3. The van der Waals surface area contributed by atoms with Gasteiger partial charge in [0.05, 0.1) is 20.1 Å². The molecule has 0 bridgehead atoms. The normalized spacial score (nSPS) is 16.2. The molecule has 0 aromatic heterocycles. The Bertz CT molecular complexity index is 422. The number of carbonyl (C=O) groups is 1. The van der Waals surface area contributed by atoms with E-state index in [0.717, 1.165) is 31.7 Å². The highest BCUT2D eigenvalue weighted by atomic mass is 16.5. The van der Waals surface area contributed by atoms with Gasteiger partial charge in [0.1, 0.15) is 5.75 Å². The number of rotatable bonds is 5. The van der Waals surface area contributed by atoms with Crippen molar-refractivity contribution < 1.29 is 14.3 Å². The number of likely N-dealkylation sites (tertiary alicyclic amines) is 1. The van der Waals surface area contributed by atoms with E-state index in [1.165, 1.54) is 5.56 Å². The quantitative estimate of drug-likeness (QED) is 0.829. The molecule has 1 aromatic carbocycles. The average molecular weight is 277 g/mol. The van der Waals surface area contributed by atoms with Crippen LogP contribution in [0.3, 0.4) is 0 Å². The number of ether oxygens (including phenoxy) is 2. The second kappa shape index (κ2) is 7.29. The summed E-state index contributed by atoms with van der Waals surface area (Å²) < 4.78 is 10.1. The molecule has 4 nitrogen and oxygen atoms in total. The van der Waals surface area contributed by atoms with Crippen LogP contribution in [0.4, 0.5) is 0 Å². The Morgan fingerprint density at radius 1 is 1.20 bits per heavy atom. The first-order chi connectivity index (χ1) is 9.74. The smallest absolute Gasteiger partial charge is 0.224 e. The second-order valence-corrected chi connectivity index (χ2v) is 5.17. The molecule has 20 heavy (non-hydrogen) atoms. The van der Waals surface area contributed by atoms with Crippen LogP contribution in [-0.2, 0) is 9.53 Å². The maximum Gasteiger partial charge on any atom is 0.224 e. The lowest BCUT2D eigenvalue weighted by Gasteiger charge is -2.32. The largest absolute Gasteiger partial charge is 0.497 e. The van der Waals surface area contributed by atoms with Gasteiger partial charge in [-0.2, -0.15) is 0 Å². The van der Waals surface area contributed by atoms with E-state index >= 15 is 0 Å². The minimum Gasteiger partial charge on any atom is -0.497 e. The summed E-state index contributed by atoms with van der Waals surface area (Å²) in [5, 5.41) is 0. The van der Waals surface area contributed by atoms with Gasteiger partial charge in [-0.1, -0.05) is 12.1 Å². The summed E-state index contributed by atoms with van der Waals surface area (Å²) in [5.41, 5.74) is 1.34.